The first-order chi connectivity index (χ1) is 10.0. The van der Waals surface area contributed by atoms with Gasteiger partial charge < -0.3 is 14.8 Å². The van der Waals surface area contributed by atoms with Crippen LogP contribution in [0.15, 0.2) is 18.2 Å². The van der Waals surface area contributed by atoms with Crippen LogP contribution in [0.4, 0.5) is 0 Å². The second-order valence-corrected chi connectivity index (χ2v) is 7.64. The van der Waals surface area contributed by atoms with Crippen molar-refractivity contribution >= 4 is 15.7 Å². The van der Waals surface area contributed by atoms with E-state index in [1.807, 2.05) is 18.2 Å². The highest BCUT2D eigenvalue weighted by molar-refractivity contribution is 7.91. The number of rotatable bonds is 3. The Kier molecular flexibility index (Phi) is 3.75. The van der Waals surface area contributed by atoms with Gasteiger partial charge in [-0.15, -0.1) is 0 Å². The van der Waals surface area contributed by atoms with Gasteiger partial charge in [0.15, 0.2) is 11.5 Å². The predicted molar refractivity (Wildman–Crippen MR) is 75.8 cm³/mol. The molecule has 114 valence electrons. The quantitative estimate of drug-likeness (QED) is 0.895. The average Bonchev–Trinajstić information content (AvgIpc) is 2.92. The molecule has 1 N–H and O–H groups in total. The van der Waals surface area contributed by atoms with E-state index in [-0.39, 0.29) is 30.1 Å². The highest BCUT2D eigenvalue weighted by Gasteiger charge is 2.28. The molecule has 0 spiro atoms. The first-order valence-corrected chi connectivity index (χ1v) is 8.72. The molecule has 1 amide bonds. The average molecular weight is 311 g/mol. The van der Waals surface area contributed by atoms with E-state index in [0.29, 0.717) is 30.9 Å². The van der Waals surface area contributed by atoms with Crippen LogP contribution in [0.25, 0.3) is 0 Å². The lowest BCUT2D eigenvalue weighted by atomic mass is 10.0. The molecule has 21 heavy (non-hydrogen) atoms. The minimum atomic E-state index is -2.93. The molecule has 1 saturated heterocycles. The molecular weight excluding hydrogens is 294 g/mol. The Hall–Kier alpha value is -1.76. The summed E-state index contributed by atoms with van der Waals surface area (Å²) in [6.07, 6.45) is 0.824. The van der Waals surface area contributed by atoms with Crippen molar-refractivity contribution in [2.24, 2.45) is 5.92 Å². The van der Waals surface area contributed by atoms with Crippen LogP contribution >= 0.6 is 0 Å². The van der Waals surface area contributed by atoms with Crippen LogP contribution in [0, 0.1) is 5.92 Å². The van der Waals surface area contributed by atoms with Crippen LogP contribution in [0.2, 0.25) is 0 Å². The van der Waals surface area contributed by atoms with Gasteiger partial charge in [-0.3, -0.25) is 4.79 Å². The summed E-state index contributed by atoms with van der Waals surface area (Å²) < 4.78 is 33.2. The maximum Gasteiger partial charge on any atom is 0.231 e. The molecule has 1 aromatic carbocycles. The van der Waals surface area contributed by atoms with Crippen LogP contribution in [-0.2, 0) is 21.2 Å². The number of nitrogens with one attached hydrogen (secondary N) is 1. The summed E-state index contributed by atoms with van der Waals surface area (Å²) in [5, 5.41) is 2.86. The summed E-state index contributed by atoms with van der Waals surface area (Å²) in [6.45, 7) is 0.625. The Morgan fingerprint density at radius 3 is 2.67 bits per heavy atom. The summed E-state index contributed by atoms with van der Waals surface area (Å²) in [6, 6.07) is 5.53. The molecule has 2 heterocycles. The molecule has 0 bridgehead atoms. The summed E-state index contributed by atoms with van der Waals surface area (Å²) >= 11 is 0. The molecule has 2 aliphatic heterocycles. The Labute approximate surface area is 123 Å². The number of hydrogen-bond acceptors (Lipinski definition) is 5. The van der Waals surface area contributed by atoms with Crippen LogP contribution in [-0.4, -0.2) is 32.6 Å². The molecule has 7 heteroatoms. The predicted octanol–water partition coefficient (Wildman–Crippen LogP) is 0.856. The standard InChI is InChI=1S/C14H17NO5S/c16-14(11-3-5-21(17,18)6-4-11)15-8-10-1-2-12-13(7-10)20-9-19-12/h1-2,7,11H,3-6,8-9H2,(H,15,16). The number of carbonyl (C=O) groups is 1. The summed E-state index contributed by atoms with van der Waals surface area (Å²) in [4.78, 5) is 12.1. The number of benzene rings is 1. The lowest BCUT2D eigenvalue weighted by molar-refractivity contribution is -0.125. The van der Waals surface area contributed by atoms with Crippen LogP contribution in [0.1, 0.15) is 18.4 Å². The number of fused-ring (bicyclic) bond motifs is 1. The van der Waals surface area contributed by atoms with Crippen molar-refractivity contribution in [2.75, 3.05) is 18.3 Å². The molecule has 0 radical (unpaired) electrons. The van der Waals surface area contributed by atoms with Gasteiger partial charge >= 0.3 is 0 Å². The second-order valence-electron chi connectivity index (χ2n) is 5.33. The van der Waals surface area contributed by atoms with Gasteiger partial charge in [0, 0.05) is 12.5 Å². The molecule has 0 unspecified atom stereocenters. The van der Waals surface area contributed by atoms with E-state index in [2.05, 4.69) is 5.32 Å². The Morgan fingerprint density at radius 2 is 1.90 bits per heavy atom. The van der Waals surface area contributed by atoms with Crippen molar-refractivity contribution < 1.29 is 22.7 Å². The fourth-order valence-electron chi connectivity index (χ4n) is 2.54. The molecule has 6 nitrogen and oxygen atoms in total. The summed E-state index contributed by atoms with van der Waals surface area (Å²) in [7, 11) is -2.93. The molecule has 3 rings (SSSR count). The molecule has 0 aromatic heterocycles. The zero-order chi connectivity index (χ0) is 14.9. The van der Waals surface area contributed by atoms with E-state index < -0.39 is 9.84 Å². The molecule has 1 aromatic rings. The highest BCUT2D eigenvalue weighted by atomic mass is 32.2. The first-order valence-electron chi connectivity index (χ1n) is 6.90. The molecule has 0 atom stereocenters. The van der Waals surface area contributed by atoms with Gasteiger partial charge in [0.2, 0.25) is 12.7 Å². The third kappa shape index (κ3) is 3.29. The molecule has 1 fully saturated rings. The third-order valence-electron chi connectivity index (χ3n) is 3.83. The Morgan fingerprint density at radius 1 is 1.19 bits per heavy atom. The topological polar surface area (TPSA) is 81.7 Å². The Bertz CT molecular complexity index is 641. The lowest BCUT2D eigenvalue weighted by Crippen LogP contribution is -2.35. The van der Waals surface area contributed by atoms with Crippen molar-refractivity contribution in [3.63, 3.8) is 0 Å². The number of sulfone groups is 1. The van der Waals surface area contributed by atoms with Crippen molar-refractivity contribution in [3.05, 3.63) is 23.8 Å². The van der Waals surface area contributed by atoms with Gasteiger partial charge in [-0.25, -0.2) is 8.42 Å². The van der Waals surface area contributed by atoms with Gasteiger partial charge in [-0.1, -0.05) is 6.07 Å². The van der Waals surface area contributed by atoms with Crippen molar-refractivity contribution in [1.82, 2.24) is 5.32 Å². The van der Waals surface area contributed by atoms with Gasteiger partial charge in [0.1, 0.15) is 9.84 Å². The van der Waals surface area contributed by atoms with Gasteiger partial charge in [0.05, 0.1) is 11.5 Å². The number of hydrogen-bond donors (Lipinski definition) is 1. The largest absolute Gasteiger partial charge is 0.454 e. The molecule has 0 saturated carbocycles. The van der Waals surface area contributed by atoms with Crippen molar-refractivity contribution in [3.8, 4) is 11.5 Å². The van der Waals surface area contributed by atoms with E-state index in [4.69, 9.17) is 9.47 Å². The van der Waals surface area contributed by atoms with Crippen LogP contribution < -0.4 is 14.8 Å². The highest BCUT2D eigenvalue weighted by Crippen LogP contribution is 2.32. The maximum absolute atomic E-state index is 12.1. The van der Waals surface area contributed by atoms with E-state index in [0.717, 1.165) is 5.56 Å². The third-order valence-corrected chi connectivity index (χ3v) is 5.54. The normalized spacial score (nSPS) is 20.2. The fraction of sp³-hybridized carbons (Fsp3) is 0.500. The second kappa shape index (κ2) is 5.55. The van der Waals surface area contributed by atoms with Gasteiger partial charge in [-0.2, -0.15) is 0 Å². The number of ether oxygens (including phenoxy) is 2. The minimum Gasteiger partial charge on any atom is -0.454 e. The van der Waals surface area contributed by atoms with E-state index in [9.17, 15) is 13.2 Å². The molecule has 0 aliphatic carbocycles. The lowest BCUT2D eigenvalue weighted by Gasteiger charge is -2.21. The van der Waals surface area contributed by atoms with E-state index >= 15 is 0 Å². The van der Waals surface area contributed by atoms with Gasteiger partial charge in [0.25, 0.3) is 0 Å². The maximum atomic E-state index is 12.1. The monoisotopic (exact) mass is 311 g/mol. The van der Waals surface area contributed by atoms with E-state index in [1.54, 1.807) is 0 Å². The van der Waals surface area contributed by atoms with Crippen LogP contribution in [0.5, 0.6) is 11.5 Å². The SMILES string of the molecule is O=C(NCc1ccc2c(c1)OCO2)C1CCS(=O)(=O)CC1. The van der Waals surface area contributed by atoms with Crippen molar-refractivity contribution in [2.45, 2.75) is 19.4 Å². The van der Waals surface area contributed by atoms with E-state index in [1.165, 1.54) is 0 Å². The first kappa shape index (κ1) is 14.2. The summed E-state index contributed by atoms with van der Waals surface area (Å²) in [5.41, 5.74) is 0.927. The zero-order valence-electron chi connectivity index (χ0n) is 11.5. The zero-order valence-corrected chi connectivity index (χ0v) is 12.3. The smallest absolute Gasteiger partial charge is 0.231 e. The molecular formula is C14H17NO5S. The summed E-state index contributed by atoms with van der Waals surface area (Å²) in [5.74, 6) is 1.32. The fourth-order valence-corrected chi connectivity index (χ4v) is 4.03. The number of amides is 1. The Balaban J connectivity index is 1.54. The van der Waals surface area contributed by atoms with Gasteiger partial charge in [-0.05, 0) is 30.5 Å². The molecule has 2 aliphatic rings. The number of carbonyl (C=O) groups excluding carboxylic acids is 1. The van der Waals surface area contributed by atoms with Crippen LogP contribution in [0.3, 0.4) is 0 Å². The van der Waals surface area contributed by atoms with Crippen molar-refractivity contribution in [1.29, 1.82) is 0 Å². The minimum absolute atomic E-state index is 0.0810.